The van der Waals surface area contributed by atoms with Gasteiger partial charge in [-0.05, 0) is 103 Å². The fourth-order valence-electron chi connectivity index (χ4n) is 6.42. The number of halogens is 5. The molecule has 2 aliphatic rings. The van der Waals surface area contributed by atoms with Crippen LogP contribution in [0.25, 0.3) is 11.1 Å². The van der Waals surface area contributed by atoms with Crippen LogP contribution >= 0.6 is 0 Å². The maximum atomic E-state index is 17.2. The van der Waals surface area contributed by atoms with Gasteiger partial charge in [0.05, 0.1) is 11.7 Å². The largest absolute Gasteiger partial charge is 0.487 e. The van der Waals surface area contributed by atoms with Gasteiger partial charge in [0, 0.05) is 17.5 Å². The third-order valence-electron chi connectivity index (χ3n) is 9.74. The molecule has 44 heavy (non-hydrogen) atoms. The average molecular weight is 631 g/mol. The summed E-state index contributed by atoms with van der Waals surface area (Å²) in [6, 6.07) is 12.3. The van der Waals surface area contributed by atoms with Gasteiger partial charge in [-0.2, -0.15) is 13.2 Å². The van der Waals surface area contributed by atoms with E-state index in [1.807, 2.05) is 19.9 Å². The van der Waals surface area contributed by atoms with Crippen LogP contribution in [0.5, 0.6) is 5.75 Å². The van der Waals surface area contributed by atoms with Crippen molar-refractivity contribution in [3.63, 3.8) is 0 Å². The highest BCUT2D eigenvalue weighted by Crippen LogP contribution is 2.55. The summed E-state index contributed by atoms with van der Waals surface area (Å²) >= 11 is 0. The number of benzene rings is 3. The van der Waals surface area contributed by atoms with E-state index >= 15 is 4.39 Å². The monoisotopic (exact) mass is 630 g/mol. The van der Waals surface area contributed by atoms with E-state index in [1.165, 1.54) is 24.3 Å². The molecule has 1 heterocycles. The van der Waals surface area contributed by atoms with Gasteiger partial charge in [0.15, 0.2) is 14.5 Å². The van der Waals surface area contributed by atoms with Gasteiger partial charge in [0.2, 0.25) is 0 Å². The predicted octanol–water partition coefficient (Wildman–Crippen LogP) is 11.9. The summed E-state index contributed by atoms with van der Waals surface area (Å²) in [5.41, 5.74) is 1.91. The minimum atomic E-state index is -4.52. The van der Waals surface area contributed by atoms with Gasteiger partial charge in [-0.25, -0.2) is 8.78 Å². The molecule has 0 N–H and O–H groups in total. The van der Waals surface area contributed by atoms with Gasteiger partial charge in [0.25, 0.3) is 0 Å². The van der Waals surface area contributed by atoms with Gasteiger partial charge in [0.1, 0.15) is 17.2 Å². The SMILES string of the molecule is CC1(C)C[C@H](O[Si](C)(C)C(C)(C)C)c2c(cc(C3CCCC3)c(C(F)c3ccc(C(F)(F)F)cc3)c2-c2ccc(F)cc2)O1. The smallest absolute Gasteiger partial charge is 0.416 e. The second-order valence-corrected chi connectivity index (χ2v) is 19.3. The van der Waals surface area contributed by atoms with Crippen molar-refractivity contribution in [2.45, 2.75) is 115 Å². The summed E-state index contributed by atoms with van der Waals surface area (Å²) < 4.78 is 85.3. The van der Waals surface area contributed by atoms with Gasteiger partial charge in [-0.3, -0.25) is 0 Å². The van der Waals surface area contributed by atoms with Gasteiger partial charge in [-0.1, -0.05) is 57.9 Å². The zero-order chi connectivity index (χ0) is 32.2. The molecule has 8 heteroatoms. The maximum Gasteiger partial charge on any atom is 0.416 e. The third kappa shape index (κ3) is 6.48. The van der Waals surface area contributed by atoms with Crippen LogP contribution in [0.15, 0.2) is 54.6 Å². The molecule has 5 rings (SSSR count). The van der Waals surface area contributed by atoms with Gasteiger partial charge >= 0.3 is 6.18 Å². The summed E-state index contributed by atoms with van der Waals surface area (Å²) in [7, 11) is -2.34. The molecule has 2 nitrogen and oxygen atoms in total. The third-order valence-corrected chi connectivity index (χ3v) is 14.2. The minimum Gasteiger partial charge on any atom is -0.487 e. The van der Waals surface area contributed by atoms with E-state index in [-0.39, 0.29) is 16.5 Å². The molecule has 2 atom stereocenters. The maximum absolute atomic E-state index is 17.2. The first kappa shape index (κ1) is 32.7. The first-order valence-corrected chi connectivity index (χ1v) is 18.4. The Morgan fingerprint density at radius 1 is 0.932 bits per heavy atom. The first-order chi connectivity index (χ1) is 20.4. The number of ether oxygens (including phenoxy) is 1. The van der Waals surface area contributed by atoms with E-state index in [0.717, 1.165) is 48.9 Å². The molecule has 0 bridgehead atoms. The molecule has 1 aliphatic carbocycles. The molecule has 1 saturated carbocycles. The molecule has 3 aromatic rings. The van der Waals surface area contributed by atoms with Crippen molar-refractivity contribution in [3.05, 3.63) is 88.2 Å². The van der Waals surface area contributed by atoms with Crippen LogP contribution in [-0.4, -0.2) is 13.9 Å². The Balaban J connectivity index is 1.81. The summed E-state index contributed by atoms with van der Waals surface area (Å²) in [5, 5.41) is -0.0961. The molecule has 0 spiro atoms. The molecule has 1 aliphatic heterocycles. The van der Waals surface area contributed by atoms with Crippen LogP contribution in [0.3, 0.4) is 0 Å². The van der Waals surface area contributed by atoms with Crippen LogP contribution in [0, 0.1) is 5.82 Å². The quantitative estimate of drug-likeness (QED) is 0.199. The Hall–Kier alpha value is -2.71. The van der Waals surface area contributed by atoms with Crippen molar-refractivity contribution in [1.29, 1.82) is 0 Å². The number of hydrogen-bond acceptors (Lipinski definition) is 2. The topological polar surface area (TPSA) is 18.5 Å². The summed E-state index contributed by atoms with van der Waals surface area (Å²) in [6.45, 7) is 14.9. The standard InChI is InChI=1S/C36H43F5O2Si/c1-34(2,3)44(6,7)43-29-21-35(4,5)42-28-20-27(22-10-8-9-11-22)31(30(32(28)29)23-14-18-26(37)19-15-23)33(38)24-12-16-25(17-13-24)36(39,40)41/h12-20,22,29,33H,8-11,21H2,1-7H3/t29-,33?/m0/s1. The molecule has 0 amide bonds. The van der Waals surface area contributed by atoms with Crippen molar-refractivity contribution >= 4 is 8.32 Å². The molecule has 0 saturated heterocycles. The minimum absolute atomic E-state index is 0.0654. The van der Waals surface area contributed by atoms with E-state index in [0.29, 0.717) is 28.9 Å². The highest BCUT2D eigenvalue weighted by Gasteiger charge is 2.45. The Morgan fingerprint density at radius 3 is 2.07 bits per heavy atom. The fourth-order valence-corrected chi connectivity index (χ4v) is 7.68. The molecule has 3 aromatic carbocycles. The zero-order valence-corrected chi connectivity index (χ0v) is 27.7. The summed E-state index contributed by atoms with van der Waals surface area (Å²) in [4.78, 5) is 0. The van der Waals surface area contributed by atoms with Crippen LogP contribution in [0.2, 0.25) is 18.1 Å². The second kappa shape index (κ2) is 11.6. The Morgan fingerprint density at radius 2 is 1.52 bits per heavy atom. The van der Waals surface area contributed by atoms with E-state index in [9.17, 15) is 17.6 Å². The van der Waals surface area contributed by atoms with E-state index < -0.39 is 43.8 Å². The lowest BCUT2D eigenvalue weighted by Gasteiger charge is -2.45. The average Bonchev–Trinajstić information content (AvgIpc) is 3.45. The number of alkyl halides is 4. The van der Waals surface area contributed by atoms with Gasteiger partial charge in [-0.15, -0.1) is 0 Å². The van der Waals surface area contributed by atoms with Gasteiger partial charge < -0.3 is 9.16 Å². The lowest BCUT2D eigenvalue weighted by atomic mass is 9.78. The molecular weight excluding hydrogens is 587 g/mol. The molecule has 1 fully saturated rings. The number of rotatable bonds is 6. The number of hydrogen-bond donors (Lipinski definition) is 0. The van der Waals surface area contributed by atoms with E-state index in [4.69, 9.17) is 9.16 Å². The van der Waals surface area contributed by atoms with Crippen LogP contribution in [0.1, 0.15) is 113 Å². The van der Waals surface area contributed by atoms with Crippen molar-refractivity contribution in [1.82, 2.24) is 0 Å². The molecule has 238 valence electrons. The van der Waals surface area contributed by atoms with Crippen molar-refractivity contribution in [2.24, 2.45) is 0 Å². The van der Waals surface area contributed by atoms with Crippen molar-refractivity contribution in [2.75, 3.05) is 0 Å². The predicted molar refractivity (Wildman–Crippen MR) is 168 cm³/mol. The zero-order valence-electron chi connectivity index (χ0n) is 26.7. The lowest BCUT2D eigenvalue weighted by Crippen LogP contribution is -2.45. The van der Waals surface area contributed by atoms with Crippen LogP contribution in [0.4, 0.5) is 22.0 Å². The second-order valence-electron chi connectivity index (χ2n) is 14.6. The highest BCUT2D eigenvalue weighted by atomic mass is 28.4. The van der Waals surface area contributed by atoms with E-state index in [2.05, 4.69) is 33.9 Å². The number of fused-ring (bicyclic) bond motifs is 1. The molecular formula is C36H43F5O2Si. The summed E-state index contributed by atoms with van der Waals surface area (Å²) in [5.74, 6) is 0.284. The lowest BCUT2D eigenvalue weighted by molar-refractivity contribution is -0.137. The Bertz CT molecular complexity index is 1480. The Kier molecular flexibility index (Phi) is 8.60. The van der Waals surface area contributed by atoms with Crippen molar-refractivity contribution in [3.8, 4) is 16.9 Å². The summed E-state index contributed by atoms with van der Waals surface area (Å²) in [6.07, 6.45) is -2.37. The molecule has 0 radical (unpaired) electrons. The van der Waals surface area contributed by atoms with E-state index in [1.54, 1.807) is 12.1 Å². The molecule has 0 aromatic heterocycles. The van der Waals surface area contributed by atoms with Crippen LogP contribution < -0.4 is 4.74 Å². The Labute approximate surface area is 259 Å². The fraction of sp³-hybridized carbons (Fsp3) is 0.500. The van der Waals surface area contributed by atoms with Crippen molar-refractivity contribution < 1.29 is 31.1 Å². The molecule has 1 unspecified atom stereocenters. The normalized spacial score (nSPS) is 19.9. The van der Waals surface area contributed by atoms with Crippen LogP contribution in [-0.2, 0) is 10.6 Å². The highest BCUT2D eigenvalue weighted by molar-refractivity contribution is 6.74. The first-order valence-electron chi connectivity index (χ1n) is 15.5.